The molecule has 136 valence electrons. The fourth-order valence-corrected chi connectivity index (χ4v) is 2.99. The molecule has 6 heteroatoms. The summed E-state index contributed by atoms with van der Waals surface area (Å²) in [7, 11) is -0.434. The highest BCUT2D eigenvalue weighted by Gasteiger charge is 2.52. The lowest BCUT2D eigenvalue weighted by atomic mass is 9.79. The van der Waals surface area contributed by atoms with Crippen molar-refractivity contribution in [2.24, 2.45) is 5.92 Å². The molecular formula is C19H28BNO4. The van der Waals surface area contributed by atoms with Crippen molar-refractivity contribution in [1.29, 1.82) is 0 Å². The van der Waals surface area contributed by atoms with Crippen LogP contribution in [-0.2, 0) is 18.8 Å². The van der Waals surface area contributed by atoms with Gasteiger partial charge in [0.05, 0.1) is 17.1 Å². The van der Waals surface area contributed by atoms with Crippen LogP contribution in [0.25, 0.3) is 0 Å². The van der Waals surface area contributed by atoms with E-state index < -0.39 is 12.7 Å². The second-order valence-corrected chi connectivity index (χ2v) is 9.12. The van der Waals surface area contributed by atoms with Crippen LogP contribution in [0.4, 0.5) is 0 Å². The average Bonchev–Trinajstić information content (AvgIpc) is 3.21. The molecule has 0 radical (unpaired) electrons. The van der Waals surface area contributed by atoms with E-state index in [0.717, 1.165) is 17.4 Å². The normalized spacial score (nSPS) is 27.2. The van der Waals surface area contributed by atoms with E-state index in [1.54, 1.807) is 6.20 Å². The Labute approximate surface area is 150 Å². The summed E-state index contributed by atoms with van der Waals surface area (Å²) in [5.74, 6) is -0.0298. The first kappa shape index (κ1) is 18.4. The first-order valence-corrected chi connectivity index (χ1v) is 8.93. The lowest BCUT2D eigenvalue weighted by Crippen LogP contribution is -2.41. The molecule has 3 rings (SSSR count). The molecule has 0 N–H and O–H groups in total. The van der Waals surface area contributed by atoms with Crippen LogP contribution < -0.4 is 5.46 Å². The number of nitrogens with zero attached hydrogens (tertiary/aromatic N) is 1. The predicted octanol–water partition coefficient (Wildman–Crippen LogP) is 2.83. The van der Waals surface area contributed by atoms with Crippen molar-refractivity contribution in [2.45, 2.75) is 77.6 Å². The topological polar surface area (TPSA) is 57.7 Å². The van der Waals surface area contributed by atoms with E-state index in [-0.39, 0.29) is 29.0 Å². The molecule has 2 heterocycles. The average molecular weight is 345 g/mol. The van der Waals surface area contributed by atoms with Gasteiger partial charge in [0.2, 0.25) is 0 Å². The Morgan fingerprint density at radius 2 is 1.80 bits per heavy atom. The number of aromatic nitrogens is 1. The third-order valence-corrected chi connectivity index (χ3v) is 5.23. The van der Waals surface area contributed by atoms with E-state index in [1.807, 2.05) is 60.7 Å². The highest BCUT2D eigenvalue weighted by atomic mass is 16.7. The van der Waals surface area contributed by atoms with Crippen molar-refractivity contribution in [1.82, 2.24) is 4.98 Å². The van der Waals surface area contributed by atoms with Gasteiger partial charge in [0, 0.05) is 17.9 Å². The van der Waals surface area contributed by atoms with Crippen molar-refractivity contribution < 1.29 is 18.8 Å². The van der Waals surface area contributed by atoms with E-state index in [9.17, 15) is 4.79 Å². The molecule has 1 unspecified atom stereocenters. The number of hydrogen-bond acceptors (Lipinski definition) is 5. The van der Waals surface area contributed by atoms with E-state index in [4.69, 9.17) is 14.0 Å². The Balaban J connectivity index is 1.71. The van der Waals surface area contributed by atoms with Crippen LogP contribution in [0.15, 0.2) is 18.5 Å². The van der Waals surface area contributed by atoms with Crippen LogP contribution in [0, 0.1) is 5.92 Å². The predicted molar refractivity (Wildman–Crippen MR) is 96.6 cm³/mol. The summed E-state index contributed by atoms with van der Waals surface area (Å²) in [6, 6.07) is 2.05. The van der Waals surface area contributed by atoms with Gasteiger partial charge < -0.3 is 14.0 Å². The van der Waals surface area contributed by atoms with Gasteiger partial charge in [-0.25, -0.2) is 0 Å². The third kappa shape index (κ3) is 3.75. The molecule has 0 amide bonds. The van der Waals surface area contributed by atoms with E-state index in [0.29, 0.717) is 0 Å². The summed E-state index contributed by atoms with van der Waals surface area (Å²) >= 11 is 0. The first-order chi connectivity index (χ1) is 11.4. The number of carbonyl (C=O) groups excluding carboxylic acids is 1. The Kier molecular flexibility index (Phi) is 4.28. The summed E-state index contributed by atoms with van der Waals surface area (Å²) in [5.41, 5.74) is 0.722. The first-order valence-electron chi connectivity index (χ1n) is 8.93. The van der Waals surface area contributed by atoms with Crippen LogP contribution in [0.5, 0.6) is 0 Å². The number of rotatable bonds is 3. The quantitative estimate of drug-likeness (QED) is 0.623. The van der Waals surface area contributed by atoms with Gasteiger partial charge in [-0.3, -0.25) is 9.78 Å². The van der Waals surface area contributed by atoms with E-state index in [1.165, 1.54) is 0 Å². The minimum atomic E-state index is -0.451. The van der Waals surface area contributed by atoms with Crippen molar-refractivity contribution in [3.63, 3.8) is 0 Å². The van der Waals surface area contributed by atoms with Crippen molar-refractivity contribution in [3.8, 4) is 0 Å². The molecule has 2 fully saturated rings. The molecule has 1 aliphatic heterocycles. The van der Waals surface area contributed by atoms with Gasteiger partial charge >= 0.3 is 13.1 Å². The maximum atomic E-state index is 12.2. The van der Waals surface area contributed by atoms with Gasteiger partial charge in [0.1, 0.15) is 5.60 Å². The van der Waals surface area contributed by atoms with Crippen molar-refractivity contribution in [2.75, 3.05) is 0 Å². The second-order valence-electron chi connectivity index (χ2n) is 9.12. The van der Waals surface area contributed by atoms with Gasteiger partial charge in [0.15, 0.2) is 0 Å². The number of esters is 1. The highest BCUT2D eigenvalue weighted by molar-refractivity contribution is 6.62. The lowest BCUT2D eigenvalue weighted by Gasteiger charge is -2.32. The van der Waals surface area contributed by atoms with Crippen LogP contribution in [0.1, 0.15) is 66.4 Å². The van der Waals surface area contributed by atoms with Crippen LogP contribution in [0.3, 0.4) is 0 Å². The molecule has 1 aromatic heterocycles. The van der Waals surface area contributed by atoms with Crippen LogP contribution in [-0.4, -0.2) is 34.9 Å². The third-order valence-electron chi connectivity index (χ3n) is 5.23. The zero-order valence-electron chi connectivity index (χ0n) is 16.3. The summed E-state index contributed by atoms with van der Waals surface area (Å²) in [6.45, 7) is 13.8. The SMILES string of the molecule is CC(C)(C)OC(=O)[C@@H]1CC1c1cncc(B2OC(C)(C)C(C)(C)O2)c1. The van der Waals surface area contributed by atoms with Crippen molar-refractivity contribution in [3.05, 3.63) is 24.0 Å². The number of hydrogen-bond donors (Lipinski definition) is 0. The van der Waals surface area contributed by atoms with Crippen LogP contribution >= 0.6 is 0 Å². The van der Waals surface area contributed by atoms with E-state index in [2.05, 4.69) is 4.98 Å². The van der Waals surface area contributed by atoms with Gasteiger partial charge in [-0.15, -0.1) is 0 Å². The minimum Gasteiger partial charge on any atom is -0.460 e. The molecule has 1 aliphatic carbocycles. The minimum absolute atomic E-state index is 0.0745. The fourth-order valence-electron chi connectivity index (χ4n) is 2.99. The molecule has 25 heavy (non-hydrogen) atoms. The van der Waals surface area contributed by atoms with Crippen LogP contribution in [0.2, 0.25) is 0 Å². The summed E-state index contributed by atoms with van der Waals surface area (Å²) in [6.07, 6.45) is 4.41. The fraction of sp³-hybridized carbons (Fsp3) is 0.684. The number of ether oxygens (including phenoxy) is 1. The molecule has 1 saturated carbocycles. The van der Waals surface area contributed by atoms with Gasteiger partial charge in [-0.05, 0) is 66.4 Å². The summed E-state index contributed by atoms with van der Waals surface area (Å²) < 4.78 is 17.7. The maximum Gasteiger partial charge on any atom is 0.496 e. The molecule has 0 aromatic carbocycles. The smallest absolute Gasteiger partial charge is 0.460 e. The van der Waals surface area contributed by atoms with E-state index >= 15 is 0 Å². The summed E-state index contributed by atoms with van der Waals surface area (Å²) in [5, 5.41) is 0. The number of carbonyl (C=O) groups is 1. The lowest BCUT2D eigenvalue weighted by molar-refractivity contribution is -0.156. The van der Waals surface area contributed by atoms with Crippen molar-refractivity contribution >= 4 is 18.6 Å². The molecule has 2 aliphatic rings. The zero-order chi connectivity index (χ0) is 18.6. The van der Waals surface area contributed by atoms with Gasteiger partial charge in [-0.1, -0.05) is 6.07 Å². The molecule has 2 atom stereocenters. The van der Waals surface area contributed by atoms with Gasteiger partial charge in [0.25, 0.3) is 0 Å². The molecule has 0 spiro atoms. The second kappa shape index (κ2) is 5.81. The largest absolute Gasteiger partial charge is 0.496 e. The Morgan fingerprint density at radius 1 is 1.20 bits per heavy atom. The molecule has 1 saturated heterocycles. The molecule has 5 nitrogen and oxygen atoms in total. The summed E-state index contributed by atoms with van der Waals surface area (Å²) in [4.78, 5) is 16.6. The Bertz CT molecular complexity index is 664. The molecule has 1 aromatic rings. The molecule has 0 bridgehead atoms. The number of pyridine rings is 1. The molecular weight excluding hydrogens is 317 g/mol. The van der Waals surface area contributed by atoms with Gasteiger partial charge in [-0.2, -0.15) is 0 Å². The Morgan fingerprint density at radius 3 is 2.36 bits per heavy atom. The monoisotopic (exact) mass is 345 g/mol. The highest BCUT2D eigenvalue weighted by Crippen LogP contribution is 2.48. The standard InChI is InChI=1S/C19H28BNO4/c1-17(2,3)23-16(22)15-9-14(15)12-8-13(11-21-10-12)20-24-18(4,5)19(6,7)25-20/h8,10-11,14-15H,9H2,1-7H3/t14?,15-/m1/s1. The Hall–Kier alpha value is -1.40. The maximum absolute atomic E-state index is 12.2. The zero-order valence-corrected chi connectivity index (χ0v) is 16.3.